The van der Waals surface area contributed by atoms with Crippen LogP contribution in [0.3, 0.4) is 0 Å². The molecular weight excluding hydrogens is 544 g/mol. The zero-order valence-electron chi connectivity index (χ0n) is 23.3. The number of carbonyl (C=O) groups excluding carboxylic acids is 2. The topological polar surface area (TPSA) is 142 Å². The smallest absolute Gasteiger partial charge is 0.256 e. The third-order valence-corrected chi connectivity index (χ3v) is 6.75. The number of rotatable bonds is 10. The zero-order valence-corrected chi connectivity index (χ0v) is 23.3. The molecule has 2 heterocycles. The number of anilines is 1. The second kappa shape index (κ2) is 13.1. The first kappa shape index (κ1) is 28.6. The first-order valence-corrected chi connectivity index (χ1v) is 13.5. The molecule has 3 aromatic carbocycles. The normalized spacial score (nSPS) is 10.5. The summed E-state index contributed by atoms with van der Waals surface area (Å²) in [5, 5.41) is 26.5. The van der Waals surface area contributed by atoms with Crippen molar-refractivity contribution < 1.29 is 19.4 Å². The van der Waals surface area contributed by atoms with Crippen molar-refractivity contribution in [3.63, 3.8) is 0 Å². The molecule has 0 saturated heterocycles. The Hall–Kier alpha value is -5.95. The van der Waals surface area contributed by atoms with E-state index in [0.29, 0.717) is 45.8 Å². The quantitative estimate of drug-likeness (QED) is 0.194. The molecule has 0 saturated carbocycles. The molecule has 5 rings (SSSR count). The second-order valence-electron chi connectivity index (χ2n) is 9.58. The van der Waals surface area contributed by atoms with Crippen LogP contribution in [0.5, 0.6) is 11.5 Å². The molecule has 0 bridgehead atoms. The van der Waals surface area contributed by atoms with Crippen LogP contribution in [0.15, 0.2) is 97.6 Å². The number of nitriles is 1. The summed E-state index contributed by atoms with van der Waals surface area (Å²) in [4.78, 5) is 34.8. The molecule has 2 amide bonds. The number of imidazole rings is 1. The zero-order chi connectivity index (χ0) is 30.2. The van der Waals surface area contributed by atoms with Gasteiger partial charge in [-0.1, -0.05) is 30.3 Å². The van der Waals surface area contributed by atoms with E-state index in [1.807, 2.05) is 10.8 Å². The van der Waals surface area contributed by atoms with Crippen molar-refractivity contribution in [1.29, 1.82) is 5.26 Å². The van der Waals surface area contributed by atoms with E-state index in [0.717, 1.165) is 13.0 Å². The van der Waals surface area contributed by atoms with Gasteiger partial charge in [0.15, 0.2) is 5.82 Å². The average Bonchev–Trinajstić information content (AvgIpc) is 3.56. The van der Waals surface area contributed by atoms with Crippen LogP contribution in [0.4, 0.5) is 5.82 Å². The van der Waals surface area contributed by atoms with Crippen molar-refractivity contribution in [2.75, 3.05) is 19.0 Å². The maximum absolute atomic E-state index is 13.2. The number of aromatic hydroxyl groups is 1. The molecule has 0 radical (unpaired) electrons. The van der Waals surface area contributed by atoms with E-state index in [1.165, 1.54) is 13.2 Å². The number of phenols is 1. The van der Waals surface area contributed by atoms with Crippen molar-refractivity contribution in [2.24, 2.45) is 0 Å². The summed E-state index contributed by atoms with van der Waals surface area (Å²) < 4.78 is 7.17. The lowest BCUT2D eigenvalue weighted by molar-refractivity contribution is 0.0952. The molecule has 43 heavy (non-hydrogen) atoms. The minimum absolute atomic E-state index is 0.0143. The van der Waals surface area contributed by atoms with Gasteiger partial charge in [0.25, 0.3) is 11.8 Å². The lowest BCUT2D eigenvalue weighted by Crippen LogP contribution is -2.25. The van der Waals surface area contributed by atoms with Crippen LogP contribution in [0.2, 0.25) is 0 Å². The molecule has 0 fully saturated rings. The lowest BCUT2D eigenvalue weighted by Gasteiger charge is -2.15. The van der Waals surface area contributed by atoms with Crippen molar-refractivity contribution in [3.05, 3.63) is 114 Å². The molecule has 3 N–H and O–H groups in total. The Kier molecular flexibility index (Phi) is 8.73. The number of aromatic nitrogens is 3. The summed E-state index contributed by atoms with van der Waals surface area (Å²) in [7, 11) is 1.50. The first-order valence-electron chi connectivity index (χ1n) is 13.5. The molecule has 0 unspecified atom stereocenters. The average molecular weight is 573 g/mol. The van der Waals surface area contributed by atoms with E-state index in [-0.39, 0.29) is 23.0 Å². The van der Waals surface area contributed by atoms with Crippen LogP contribution in [-0.2, 0) is 6.54 Å². The lowest BCUT2D eigenvalue weighted by atomic mass is 9.96. The number of hydrogen-bond donors (Lipinski definition) is 3. The molecule has 0 atom stereocenters. The highest BCUT2D eigenvalue weighted by atomic mass is 16.5. The third kappa shape index (κ3) is 6.69. The van der Waals surface area contributed by atoms with Gasteiger partial charge >= 0.3 is 0 Å². The Morgan fingerprint density at radius 2 is 1.77 bits per heavy atom. The Morgan fingerprint density at radius 1 is 0.977 bits per heavy atom. The number of nitrogens with one attached hydrogen (secondary N) is 2. The minimum Gasteiger partial charge on any atom is -0.507 e. The number of amides is 2. The number of hydrogen-bond acceptors (Lipinski definition) is 7. The van der Waals surface area contributed by atoms with E-state index in [4.69, 9.17) is 4.74 Å². The molecule has 0 aliphatic carbocycles. The fourth-order valence-electron chi connectivity index (χ4n) is 4.56. The van der Waals surface area contributed by atoms with Crippen LogP contribution < -0.4 is 15.4 Å². The van der Waals surface area contributed by atoms with E-state index >= 15 is 0 Å². The Bertz CT molecular complexity index is 1810. The van der Waals surface area contributed by atoms with Crippen molar-refractivity contribution in [3.8, 4) is 40.0 Å². The van der Waals surface area contributed by atoms with Crippen molar-refractivity contribution >= 4 is 17.6 Å². The Balaban J connectivity index is 1.49. The highest BCUT2D eigenvalue weighted by Gasteiger charge is 2.20. The van der Waals surface area contributed by atoms with Gasteiger partial charge in [-0.2, -0.15) is 5.26 Å². The first-order chi connectivity index (χ1) is 21.0. The van der Waals surface area contributed by atoms with Gasteiger partial charge in [-0.05, 0) is 60.5 Å². The summed E-state index contributed by atoms with van der Waals surface area (Å²) >= 11 is 0. The van der Waals surface area contributed by atoms with E-state index < -0.39 is 5.91 Å². The number of carbonyl (C=O) groups is 2. The predicted octanol–water partition coefficient (Wildman–Crippen LogP) is 5.27. The fourth-order valence-corrected chi connectivity index (χ4v) is 4.56. The maximum Gasteiger partial charge on any atom is 0.256 e. The third-order valence-electron chi connectivity index (χ3n) is 6.75. The van der Waals surface area contributed by atoms with Gasteiger partial charge in [0, 0.05) is 47.7 Å². The summed E-state index contributed by atoms with van der Waals surface area (Å²) in [5.74, 6) is -0.249. The van der Waals surface area contributed by atoms with Crippen LogP contribution in [0, 0.1) is 11.3 Å². The van der Waals surface area contributed by atoms with Gasteiger partial charge in [0.2, 0.25) is 0 Å². The number of pyridine rings is 1. The van der Waals surface area contributed by atoms with Gasteiger partial charge in [0.1, 0.15) is 23.1 Å². The van der Waals surface area contributed by atoms with Crippen LogP contribution >= 0.6 is 0 Å². The Morgan fingerprint density at radius 3 is 2.51 bits per heavy atom. The molecule has 10 heteroatoms. The minimum atomic E-state index is -0.493. The molecule has 2 aromatic heterocycles. The SMILES string of the molecule is COc1cccc(C(=O)Nc2nc(-c3ccccc3O)cc(-c3cccc(C(=O)NCCCn4ccnc4)c3)c2C#N)c1. The molecule has 10 nitrogen and oxygen atoms in total. The van der Waals surface area contributed by atoms with Gasteiger partial charge in [-0.3, -0.25) is 9.59 Å². The molecule has 5 aromatic rings. The van der Waals surface area contributed by atoms with Crippen LogP contribution in [0.25, 0.3) is 22.4 Å². The molecule has 0 spiro atoms. The number of nitrogens with zero attached hydrogens (tertiary/aromatic N) is 4. The van der Waals surface area contributed by atoms with E-state index in [2.05, 4.69) is 26.7 Å². The highest BCUT2D eigenvalue weighted by molar-refractivity contribution is 6.05. The van der Waals surface area contributed by atoms with E-state index in [9.17, 15) is 20.0 Å². The number of para-hydroxylation sites is 1. The van der Waals surface area contributed by atoms with Crippen LogP contribution in [-0.4, -0.2) is 45.1 Å². The van der Waals surface area contributed by atoms with E-state index in [1.54, 1.807) is 85.3 Å². The maximum atomic E-state index is 13.2. The number of methoxy groups -OCH3 is 1. The second-order valence-corrected chi connectivity index (χ2v) is 9.58. The number of aryl methyl sites for hydroxylation is 1. The monoisotopic (exact) mass is 572 g/mol. The number of phenolic OH excluding ortho intramolecular Hbond substituents is 1. The highest BCUT2D eigenvalue weighted by Crippen LogP contribution is 2.36. The van der Waals surface area contributed by atoms with Gasteiger partial charge in [-0.15, -0.1) is 0 Å². The molecular formula is C33H28N6O4. The summed E-state index contributed by atoms with van der Waals surface area (Å²) in [6.07, 6.45) is 6.02. The van der Waals surface area contributed by atoms with Crippen molar-refractivity contribution in [1.82, 2.24) is 19.9 Å². The summed E-state index contributed by atoms with van der Waals surface area (Å²) in [6.45, 7) is 1.19. The predicted molar refractivity (Wildman–Crippen MR) is 162 cm³/mol. The molecule has 0 aliphatic heterocycles. The number of benzene rings is 3. The standard InChI is InChI=1S/C33H28N6O4/c1-43-25-10-5-9-24(18-25)33(42)38-31-28(20-34)27(19-29(37-31)26-11-2-3-12-30(26)40)22-7-4-8-23(17-22)32(41)36-13-6-15-39-16-14-35-21-39/h2-5,7-12,14,16-19,21,40H,6,13,15H2,1H3,(H,36,41)(H,37,38,42). The van der Waals surface area contributed by atoms with Gasteiger partial charge < -0.3 is 25.0 Å². The molecule has 0 aliphatic rings. The van der Waals surface area contributed by atoms with Gasteiger partial charge in [0.05, 0.1) is 19.1 Å². The van der Waals surface area contributed by atoms with Crippen molar-refractivity contribution in [2.45, 2.75) is 13.0 Å². The number of ether oxygens (including phenoxy) is 1. The summed E-state index contributed by atoms with van der Waals surface area (Å²) in [5.41, 5.74) is 2.58. The Labute approximate surface area is 248 Å². The summed E-state index contributed by atoms with van der Waals surface area (Å²) in [6, 6.07) is 24.0. The fraction of sp³-hybridized carbons (Fsp3) is 0.121. The largest absolute Gasteiger partial charge is 0.507 e. The van der Waals surface area contributed by atoms with Gasteiger partial charge in [-0.25, -0.2) is 9.97 Å². The van der Waals surface area contributed by atoms with Crippen LogP contribution in [0.1, 0.15) is 32.7 Å². The molecule has 214 valence electrons.